The monoisotopic (exact) mass is 240 g/mol. The lowest BCUT2D eigenvalue weighted by Gasteiger charge is -2.10. The zero-order valence-electron chi connectivity index (χ0n) is 7.83. The summed E-state index contributed by atoms with van der Waals surface area (Å²) in [4.78, 5) is 7.16. The van der Waals surface area contributed by atoms with E-state index in [4.69, 9.17) is 0 Å². The van der Waals surface area contributed by atoms with Gasteiger partial charge >= 0.3 is 10.2 Å². The summed E-state index contributed by atoms with van der Waals surface area (Å²) in [6.45, 7) is 0. The lowest BCUT2D eigenvalue weighted by Crippen LogP contribution is -2.28. The van der Waals surface area contributed by atoms with Crippen molar-refractivity contribution in [3.05, 3.63) is 37.4 Å². The Kier molecular flexibility index (Phi) is 2.44. The highest BCUT2D eigenvalue weighted by molar-refractivity contribution is 7.88. The highest BCUT2D eigenvalue weighted by Crippen LogP contribution is 1.98. The lowest BCUT2D eigenvalue weighted by atomic mass is 10.9. The number of rotatable bonds is 2. The van der Waals surface area contributed by atoms with Crippen LogP contribution in [0.15, 0.2) is 41.8 Å². The molecular formula is C7H6N5O3S-. The molecule has 0 aliphatic carbocycles. The molecule has 2 rings (SSSR count). The maximum atomic E-state index is 11.5. The van der Waals surface area contributed by atoms with Crippen molar-refractivity contribution in [3.8, 4) is 0 Å². The topological polar surface area (TPSA) is 105 Å². The fourth-order valence-corrected chi connectivity index (χ4v) is 1.72. The third kappa shape index (κ3) is 1.93. The SMILES string of the molecule is O=S(=O)(N=C([O-])n1ccnc1)n1ccnc1. The number of hydrogen-bond acceptors (Lipinski definition) is 5. The maximum absolute atomic E-state index is 11.5. The van der Waals surface area contributed by atoms with Crippen molar-refractivity contribution in [2.24, 2.45) is 4.40 Å². The minimum absolute atomic E-state index is 0.738. The van der Waals surface area contributed by atoms with Crippen molar-refractivity contribution in [1.29, 1.82) is 0 Å². The third-order valence-electron chi connectivity index (χ3n) is 1.67. The molecule has 0 aromatic carbocycles. The van der Waals surface area contributed by atoms with Gasteiger partial charge in [-0.05, 0) is 0 Å². The fourth-order valence-electron chi connectivity index (χ4n) is 0.949. The van der Waals surface area contributed by atoms with Crippen LogP contribution in [0, 0.1) is 0 Å². The Morgan fingerprint density at radius 1 is 1.19 bits per heavy atom. The number of nitrogens with zero attached hydrogens (tertiary/aromatic N) is 5. The predicted molar refractivity (Wildman–Crippen MR) is 51.6 cm³/mol. The van der Waals surface area contributed by atoms with E-state index in [2.05, 4.69) is 14.4 Å². The molecule has 0 fully saturated rings. The first-order valence-corrected chi connectivity index (χ1v) is 5.48. The van der Waals surface area contributed by atoms with E-state index in [9.17, 15) is 13.5 Å². The summed E-state index contributed by atoms with van der Waals surface area (Å²) in [5.74, 6) is 0. The lowest BCUT2D eigenvalue weighted by molar-refractivity contribution is -0.220. The summed E-state index contributed by atoms with van der Waals surface area (Å²) >= 11 is 0. The van der Waals surface area contributed by atoms with Gasteiger partial charge in [0.05, 0.1) is 12.3 Å². The van der Waals surface area contributed by atoms with Crippen LogP contribution in [-0.4, -0.2) is 32.9 Å². The van der Waals surface area contributed by atoms with Gasteiger partial charge in [0.25, 0.3) is 0 Å². The molecule has 0 bridgehead atoms. The summed E-state index contributed by atoms with van der Waals surface area (Å²) in [6.07, 6.45) is 7.30. The van der Waals surface area contributed by atoms with Crippen molar-refractivity contribution in [3.63, 3.8) is 0 Å². The molecule has 0 unspecified atom stereocenters. The first kappa shape index (κ1) is 10.4. The van der Waals surface area contributed by atoms with Crippen LogP contribution in [0.25, 0.3) is 0 Å². The van der Waals surface area contributed by atoms with Gasteiger partial charge in [0, 0.05) is 24.8 Å². The van der Waals surface area contributed by atoms with Crippen LogP contribution in [0.4, 0.5) is 0 Å². The molecular weight excluding hydrogens is 234 g/mol. The van der Waals surface area contributed by atoms with Crippen molar-refractivity contribution >= 4 is 16.2 Å². The number of imidazole rings is 2. The van der Waals surface area contributed by atoms with Crippen molar-refractivity contribution in [1.82, 2.24) is 18.5 Å². The van der Waals surface area contributed by atoms with Crippen LogP contribution in [0.2, 0.25) is 0 Å². The third-order valence-corrected chi connectivity index (χ3v) is 2.80. The molecule has 0 saturated heterocycles. The van der Waals surface area contributed by atoms with E-state index in [-0.39, 0.29) is 0 Å². The van der Waals surface area contributed by atoms with Gasteiger partial charge in [-0.1, -0.05) is 0 Å². The molecule has 9 heteroatoms. The molecule has 0 radical (unpaired) electrons. The quantitative estimate of drug-likeness (QED) is 0.466. The summed E-state index contributed by atoms with van der Waals surface area (Å²) in [5, 5.41) is 11.4. The molecule has 0 atom stereocenters. The van der Waals surface area contributed by atoms with Gasteiger partial charge in [0.15, 0.2) is 0 Å². The molecule has 0 spiro atoms. The maximum Gasteiger partial charge on any atom is 0.350 e. The van der Waals surface area contributed by atoms with Crippen LogP contribution in [-0.2, 0) is 10.2 Å². The van der Waals surface area contributed by atoms with E-state index in [1.165, 1.54) is 24.8 Å². The molecule has 8 nitrogen and oxygen atoms in total. The van der Waals surface area contributed by atoms with E-state index in [0.717, 1.165) is 21.2 Å². The molecule has 0 saturated carbocycles. The normalized spacial score (nSPS) is 12.9. The van der Waals surface area contributed by atoms with E-state index >= 15 is 0 Å². The number of hydrogen-bond donors (Lipinski definition) is 0. The average Bonchev–Trinajstić information content (AvgIpc) is 2.91. The van der Waals surface area contributed by atoms with E-state index < -0.39 is 16.2 Å². The highest BCUT2D eigenvalue weighted by Gasteiger charge is 2.09. The Balaban J connectivity index is 2.38. The number of aromatic nitrogens is 4. The van der Waals surface area contributed by atoms with E-state index in [1.807, 2.05) is 0 Å². The van der Waals surface area contributed by atoms with E-state index in [0.29, 0.717) is 0 Å². The minimum atomic E-state index is -4.06. The van der Waals surface area contributed by atoms with Gasteiger partial charge in [0.2, 0.25) is 0 Å². The van der Waals surface area contributed by atoms with Crippen LogP contribution >= 0.6 is 0 Å². The summed E-state index contributed by atoms with van der Waals surface area (Å²) in [5.41, 5.74) is 0. The Morgan fingerprint density at radius 2 is 1.88 bits per heavy atom. The molecule has 16 heavy (non-hydrogen) atoms. The van der Waals surface area contributed by atoms with Gasteiger partial charge in [-0.15, -0.1) is 4.40 Å². The second-order valence-corrected chi connectivity index (χ2v) is 4.21. The minimum Gasteiger partial charge on any atom is -0.845 e. The summed E-state index contributed by atoms with van der Waals surface area (Å²) < 4.78 is 27.8. The van der Waals surface area contributed by atoms with Gasteiger partial charge in [0.1, 0.15) is 6.33 Å². The van der Waals surface area contributed by atoms with Crippen LogP contribution < -0.4 is 5.11 Å². The second kappa shape index (κ2) is 3.77. The van der Waals surface area contributed by atoms with Crippen molar-refractivity contribution in [2.45, 2.75) is 0 Å². The largest absolute Gasteiger partial charge is 0.845 e. The molecule has 0 amide bonds. The molecule has 0 N–H and O–H groups in total. The van der Waals surface area contributed by atoms with Gasteiger partial charge in [-0.2, -0.15) is 8.42 Å². The molecule has 0 aliphatic rings. The fraction of sp³-hybridized carbons (Fsp3) is 0. The zero-order chi connectivity index (χ0) is 11.6. The Bertz CT molecular complexity index is 584. The smallest absolute Gasteiger partial charge is 0.350 e. The standard InChI is InChI=1S/C7H7N5O3S/c13-7(11-3-1-8-5-11)10-16(14,15)12-4-2-9-6-12/h1-6H,(H,10,13)/p-1. The highest BCUT2D eigenvalue weighted by atomic mass is 32.2. The molecule has 2 heterocycles. The average molecular weight is 240 g/mol. The van der Waals surface area contributed by atoms with Crippen LogP contribution in [0.5, 0.6) is 0 Å². The Morgan fingerprint density at radius 3 is 2.44 bits per heavy atom. The first-order chi connectivity index (χ1) is 7.59. The predicted octanol–water partition coefficient (Wildman–Crippen LogP) is -1.56. The van der Waals surface area contributed by atoms with Gasteiger partial charge in [-0.25, -0.2) is 13.9 Å². The molecule has 2 aromatic heterocycles. The molecule has 2 aromatic rings. The molecule has 0 aliphatic heterocycles. The second-order valence-electron chi connectivity index (χ2n) is 2.71. The van der Waals surface area contributed by atoms with Gasteiger partial charge < -0.3 is 9.67 Å². The Labute approximate surface area is 90.7 Å². The summed E-state index contributed by atoms with van der Waals surface area (Å²) in [7, 11) is -4.06. The van der Waals surface area contributed by atoms with Crippen molar-refractivity contribution in [2.75, 3.05) is 0 Å². The van der Waals surface area contributed by atoms with Crippen LogP contribution in [0.3, 0.4) is 0 Å². The summed E-state index contributed by atoms with van der Waals surface area (Å²) in [6, 6.07) is -0.939. The van der Waals surface area contributed by atoms with Crippen molar-refractivity contribution < 1.29 is 13.5 Å². The molecule has 84 valence electrons. The first-order valence-electron chi connectivity index (χ1n) is 4.08. The van der Waals surface area contributed by atoms with E-state index in [1.54, 1.807) is 0 Å². The van der Waals surface area contributed by atoms with Crippen LogP contribution in [0.1, 0.15) is 0 Å². The van der Waals surface area contributed by atoms with Gasteiger partial charge in [-0.3, -0.25) is 0 Å². The Hall–Kier alpha value is -2.16. The zero-order valence-corrected chi connectivity index (χ0v) is 8.65.